The second-order valence-electron chi connectivity index (χ2n) is 8.21. The topological polar surface area (TPSA) is 77.1 Å². The van der Waals surface area contributed by atoms with Crippen molar-refractivity contribution in [1.29, 1.82) is 0 Å². The molecular formula is C26H21Cl2F2N3O3. The molecule has 1 N–H and O–H groups in total. The maximum absolute atomic E-state index is 14.4. The molecule has 0 aliphatic heterocycles. The van der Waals surface area contributed by atoms with Gasteiger partial charge in [0.25, 0.3) is 0 Å². The van der Waals surface area contributed by atoms with E-state index in [1.807, 2.05) is 0 Å². The molecule has 4 aromatic rings. The number of benzene rings is 3. The van der Waals surface area contributed by atoms with Gasteiger partial charge >= 0.3 is 5.69 Å². The molecule has 1 heterocycles. The number of Topliss-reactive ketones (excluding diaryl/α,β-unsaturated/α-hetero) is 1. The van der Waals surface area contributed by atoms with Crippen LogP contribution in [0.3, 0.4) is 0 Å². The first-order valence-corrected chi connectivity index (χ1v) is 11.8. The summed E-state index contributed by atoms with van der Waals surface area (Å²) in [6.07, 6.45) is -0.239. The highest BCUT2D eigenvalue weighted by atomic mass is 35.5. The van der Waals surface area contributed by atoms with E-state index in [1.165, 1.54) is 28.8 Å². The molecule has 0 amide bonds. The minimum absolute atomic E-state index is 0.107. The van der Waals surface area contributed by atoms with Crippen molar-refractivity contribution in [3.05, 3.63) is 110 Å². The van der Waals surface area contributed by atoms with Crippen LogP contribution in [0, 0.1) is 11.6 Å². The lowest BCUT2D eigenvalue weighted by atomic mass is 9.94. The molecule has 0 aliphatic rings. The number of aliphatic hydroxyl groups excluding tert-OH is 1. The summed E-state index contributed by atoms with van der Waals surface area (Å²) in [5, 5.41) is 14.5. The Morgan fingerprint density at radius 1 is 1.00 bits per heavy atom. The molecule has 0 radical (unpaired) electrons. The SMILES string of the molecule is O=C(CC(CO)c1cccc(Cl)c1F)Cn1nc(-c2ccc(Cl)cc2)n(Cc2ccccc2F)c1=O. The molecule has 0 fully saturated rings. The van der Waals surface area contributed by atoms with Crippen LogP contribution in [-0.4, -0.2) is 31.8 Å². The van der Waals surface area contributed by atoms with E-state index in [0.29, 0.717) is 10.6 Å². The van der Waals surface area contributed by atoms with Crippen molar-refractivity contribution in [3.8, 4) is 11.4 Å². The molecule has 4 rings (SSSR count). The predicted molar refractivity (Wildman–Crippen MR) is 133 cm³/mol. The van der Waals surface area contributed by atoms with Gasteiger partial charge in [-0.25, -0.2) is 18.3 Å². The second-order valence-corrected chi connectivity index (χ2v) is 9.06. The average Bonchev–Trinajstić information content (AvgIpc) is 3.16. The monoisotopic (exact) mass is 531 g/mol. The first-order valence-electron chi connectivity index (χ1n) is 11.0. The molecule has 0 spiro atoms. The fourth-order valence-corrected chi connectivity index (χ4v) is 4.22. The lowest BCUT2D eigenvalue weighted by Crippen LogP contribution is -2.29. The summed E-state index contributed by atoms with van der Waals surface area (Å²) in [6, 6.07) is 17.0. The van der Waals surface area contributed by atoms with Crippen LogP contribution in [0.1, 0.15) is 23.5 Å². The molecule has 0 aliphatic carbocycles. The molecule has 1 aromatic heterocycles. The van der Waals surface area contributed by atoms with Crippen LogP contribution in [0.5, 0.6) is 0 Å². The fourth-order valence-electron chi connectivity index (χ4n) is 3.91. The summed E-state index contributed by atoms with van der Waals surface area (Å²) in [4.78, 5) is 26.1. The minimum atomic E-state index is -0.844. The molecule has 6 nitrogen and oxygen atoms in total. The highest BCUT2D eigenvalue weighted by Crippen LogP contribution is 2.27. The number of aliphatic hydroxyl groups is 1. The van der Waals surface area contributed by atoms with Gasteiger partial charge in [0.2, 0.25) is 0 Å². The molecule has 0 bridgehead atoms. The number of rotatable bonds is 9. The Morgan fingerprint density at radius 3 is 2.42 bits per heavy atom. The van der Waals surface area contributed by atoms with Crippen molar-refractivity contribution < 1.29 is 18.7 Å². The van der Waals surface area contributed by atoms with Gasteiger partial charge in [-0.2, -0.15) is 0 Å². The quantitative estimate of drug-likeness (QED) is 0.326. The molecule has 0 saturated heterocycles. The highest BCUT2D eigenvalue weighted by Gasteiger charge is 2.23. The van der Waals surface area contributed by atoms with E-state index >= 15 is 0 Å². The van der Waals surface area contributed by atoms with E-state index in [0.717, 1.165) is 4.68 Å². The smallest absolute Gasteiger partial charge is 0.346 e. The van der Waals surface area contributed by atoms with Gasteiger partial charge in [0.1, 0.15) is 18.2 Å². The Labute approximate surface area is 215 Å². The van der Waals surface area contributed by atoms with E-state index < -0.39 is 42.2 Å². The lowest BCUT2D eigenvalue weighted by molar-refractivity contribution is -0.120. The standard InChI is InChI=1S/C26H21Cl2F2N3O3/c27-19-10-8-16(9-11-19)25-31-33(26(36)32(25)13-17-4-1-2-7-23(17)29)14-20(35)12-18(15-34)21-5-3-6-22(28)24(21)30/h1-11,18,34H,12-15H2. The van der Waals surface area contributed by atoms with Gasteiger partial charge in [-0.15, -0.1) is 5.10 Å². The van der Waals surface area contributed by atoms with Gasteiger partial charge in [0, 0.05) is 28.5 Å². The van der Waals surface area contributed by atoms with Gasteiger partial charge in [0.15, 0.2) is 11.6 Å². The number of ketones is 1. The molecule has 1 atom stereocenters. The fraction of sp³-hybridized carbons (Fsp3) is 0.192. The summed E-state index contributed by atoms with van der Waals surface area (Å²) in [5.74, 6) is -2.25. The molecule has 36 heavy (non-hydrogen) atoms. The van der Waals surface area contributed by atoms with Crippen LogP contribution in [0.4, 0.5) is 8.78 Å². The third-order valence-corrected chi connectivity index (χ3v) is 6.30. The van der Waals surface area contributed by atoms with E-state index in [-0.39, 0.29) is 34.9 Å². The molecule has 186 valence electrons. The Kier molecular flexibility index (Phi) is 7.98. The Hall–Kier alpha value is -3.33. The Bertz CT molecular complexity index is 1450. The van der Waals surface area contributed by atoms with Crippen LogP contribution in [0.25, 0.3) is 11.4 Å². The van der Waals surface area contributed by atoms with Crippen molar-refractivity contribution in [2.24, 2.45) is 0 Å². The zero-order valence-corrected chi connectivity index (χ0v) is 20.4. The van der Waals surface area contributed by atoms with Crippen LogP contribution < -0.4 is 5.69 Å². The molecule has 3 aromatic carbocycles. The normalized spacial score (nSPS) is 12.0. The minimum Gasteiger partial charge on any atom is -0.396 e. The number of hydrogen-bond donors (Lipinski definition) is 1. The lowest BCUT2D eigenvalue weighted by Gasteiger charge is -2.15. The zero-order chi connectivity index (χ0) is 25.8. The number of aromatic nitrogens is 3. The molecule has 10 heteroatoms. The zero-order valence-electron chi connectivity index (χ0n) is 18.9. The van der Waals surface area contributed by atoms with Crippen LogP contribution >= 0.6 is 23.2 Å². The van der Waals surface area contributed by atoms with Gasteiger partial charge < -0.3 is 5.11 Å². The van der Waals surface area contributed by atoms with E-state index in [1.54, 1.807) is 42.5 Å². The van der Waals surface area contributed by atoms with Gasteiger partial charge in [-0.3, -0.25) is 9.36 Å². The Morgan fingerprint density at radius 2 is 1.72 bits per heavy atom. The first kappa shape index (κ1) is 25.8. The first-order chi connectivity index (χ1) is 17.3. The number of carbonyl (C=O) groups excluding carboxylic acids is 1. The van der Waals surface area contributed by atoms with Crippen molar-refractivity contribution >= 4 is 29.0 Å². The third kappa shape index (κ3) is 5.56. The summed E-state index contributed by atoms with van der Waals surface area (Å²) in [7, 11) is 0. The summed E-state index contributed by atoms with van der Waals surface area (Å²) in [6.45, 7) is -1.01. The molecule has 1 unspecified atom stereocenters. The van der Waals surface area contributed by atoms with Crippen molar-refractivity contribution in [2.45, 2.75) is 25.4 Å². The average molecular weight is 532 g/mol. The van der Waals surface area contributed by atoms with Gasteiger partial charge in [-0.1, -0.05) is 53.5 Å². The maximum atomic E-state index is 14.4. The predicted octanol–water partition coefficient (Wildman–Crippen LogP) is 5.08. The number of hydrogen-bond acceptors (Lipinski definition) is 4. The van der Waals surface area contributed by atoms with Crippen LogP contribution in [0.2, 0.25) is 10.0 Å². The van der Waals surface area contributed by atoms with E-state index in [4.69, 9.17) is 23.2 Å². The van der Waals surface area contributed by atoms with E-state index in [9.17, 15) is 23.5 Å². The van der Waals surface area contributed by atoms with Crippen LogP contribution in [0.15, 0.2) is 71.5 Å². The maximum Gasteiger partial charge on any atom is 0.346 e. The number of nitrogens with zero attached hydrogens (tertiary/aromatic N) is 3. The third-order valence-electron chi connectivity index (χ3n) is 5.75. The number of halogens is 4. The van der Waals surface area contributed by atoms with Crippen molar-refractivity contribution in [3.63, 3.8) is 0 Å². The highest BCUT2D eigenvalue weighted by molar-refractivity contribution is 6.31. The van der Waals surface area contributed by atoms with Gasteiger partial charge in [-0.05, 0) is 42.0 Å². The second kappa shape index (κ2) is 11.2. The summed E-state index contributed by atoms with van der Waals surface area (Å²) >= 11 is 11.8. The van der Waals surface area contributed by atoms with Crippen molar-refractivity contribution in [2.75, 3.05) is 6.61 Å². The summed E-state index contributed by atoms with van der Waals surface area (Å²) in [5.41, 5.74) is 0.314. The van der Waals surface area contributed by atoms with Crippen molar-refractivity contribution in [1.82, 2.24) is 14.3 Å². The number of carbonyl (C=O) groups is 1. The van der Waals surface area contributed by atoms with Crippen LogP contribution in [-0.2, 0) is 17.9 Å². The molecular weight excluding hydrogens is 511 g/mol. The van der Waals surface area contributed by atoms with Gasteiger partial charge in [0.05, 0.1) is 18.2 Å². The largest absolute Gasteiger partial charge is 0.396 e. The molecule has 0 saturated carbocycles. The summed E-state index contributed by atoms with van der Waals surface area (Å²) < 4.78 is 31.0. The van der Waals surface area contributed by atoms with E-state index in [2.05, 4.69) is 5.10 Å². The Balaban J connectivity index is 1.65.